The highest BCUT2D eigenvalue weighted by Crippen LogP contribution is 2.44. The highest BCUT2D eigenvalue weighted by atomic mass is 32.1. The largest absolute Gasteiger partial charge is 0.497 e. The van der Waals surface area contributed by atoms with Crippen LogP contribution < -0.4 is 20.5 Å². The van der Waals surface area contributed by atoms with Crippen molar-refractivity contribution in [2.45, 2.75) is 0 Å². The molecule has 0 unspecified atom stereocenters. The van der Waals surface area contributed by atoms with Crippen LogP contribution in [0.25, 0.3) is 21.7 Å². The maximum atomic E-state index is 5.91. The zero-order valence-corrected chi connectivity index (χ0v) is 16.7. The Labute approximate surface area is 172 Å². The van der Waals surface area contributed by atoms with Crippen LogP contribution in [0.2, 0.25) is 0 Å². The van der Waals surface area contributed by atoms with Crippen LogP contribution in [-0.4, -0.2) is 29.4 Å². The van der Waals surface area contributed by atoms with Gasteiger partial charge in [-0.3, -0.25) is 0 Å². The Morgan fingerprint density at radius 1 is 0.966 bits per heavy atom. The van der Waals surface area contributed by atoms with E-state index in [0.29, 0.717) is 22.4 Å². The number of para-hydroxylation sites is 1. The molecule has 4 rings (SSSR count). The summed E-state index contributed by atoms with van der Waals surface area (Å²) in [4.78, 5) is 4.08. The predicted molar refractivity (Wildman–Crippen MR) is 116 cm³/mol. The summed E-state index contributed by atoms with van der Waals surface area (Å²) >= 11 is 1.44. The molecule has 29 heavy (non-hydrogen) atoms. The zero-order valence-electron chi connectivity index (χ0n) is 15.9. The van der Waals surface area contributed by atoms with Crippen LogP contribution in [-0.2, 0) is 0 Å². The molecule has 0 aliphatic rings. The van der Waals surface area contributed by atoms with Crippen molar-refractivity contribution in [1.82, 2.24) is 15.2 Å². The van der Waals surface area contributed by atoms with Crippen LogP contribution in [0.1, 0.15) is 0 Å². The summed E-state index contributed by atoms with van der Waals surface area (Å²) in [6.45, 7) is 0. The Morgan fingerprint density at radius 2 is 1.79 bits per heavy atom. The van der Waals surface area contributed by atoms with Crippen LogP contribution in [0.4, 0.5) is 16.6 Å². The molecule has 4 aromatic rings. The molecule has 3 N–H and O–H groups in total. The Hall–Kier alpha value is -3.65. The number of nitrogen functional groups attached to an aromatic ring is 1. The molecule has 7 nitrogen and oxygen atoms in total. The minimum Gasteiger partial charge on any atom is -0.497 e. The van der Waals surface area contributed by atoms with E-state index in [0.717, 1.165) is 27.4 Å². The number of nitrogens with one attached hydrogen (secondary N) is 1. The smallest absolute Gasteiger partial charge is 0.210 e. The summed E-state index contributed by atoms with van der Waals surface area (Å²) in [5.41, 5.74) is 9.42. The minimum atomic E-state index is 0.426. The van der Waals surface area contributed by atoms with Gasteiger partial charge in [0.2, 0.25) is 5.13 Å². The van der Waals surface area contributed by atoms with Gasteiger partial charge in [-0.2, -0.15) is 0 Å². The lowest BCUT2D eigenvalue weighted by atomic mass is 9.99. The molecular weight excluding hydrogens is 386 g/mol. The third-order valence-electron chi connectivity index (χ3n) is 4.28. The van der Waals surface area contributed by atoms with E-state index < -0.39 is 0 Å². The SMILES string of the molecule is COc1cc(OC)c(-c2ccnc(N)c2)c(-c2nnc(Nc3ccccc3)s2)c1. The van der Waals surface area contributed by atoms with Gasteiger partial charge in [-0.25, -0.2) is 4.98 Å². The first kappa shape index (κ1) is 18.7. The molecule has 2 aromatic carbocycles. The molecular formula is C21H19N5O2S. The summed E-state index contributed by atoms with van der Waals surface area (Å²) < 4.78 is 11.1. The number of hydrogen-bond acceptors (Lipinski definition) is 8. The average molecular weight is 405 g/mol. The molecule has 0 amide bonds. The summed E-state index contributed by atoms with van der Waals surface area (Å²) in [6.07, 6.45) is 1.67. The van der Waals surface area contributed by atoms with Crippen molar-refractivity contribution in [3.05, 3.63) is 60.8 Å². The molecule has 2 heterocycles. The van der Waals surface area contributed by atoms with Crippen molar-refractivity contribution in [2.75, 3.05) is 25.3 Å². The normalized spacial score (nSPS) is 10.6. The highest BCUT2D eigenvalue weighted by Gasteiger charge is 2.19. The Bertz CT molecular complexity index is 1130. The molecule has 0 bridgehead atoms. The minimum absolute atomic E-state index is 0.426. The molecule has 0 aliphatic heterocycles. The quantitative estimate of drug-likeness (QED) is 0.484. The molecule has 0 atom stereocenters. The lowest BCUT2D eigenvalue weighted by Crippen LogP contribution is -1.96. The van der Waals surface area contributed by atoms with Gasteiger partial charge in [0.15, 0.2) is 0 Å². The Morgan fingerprint density at radius 3 is 2.52 bits per heavy atom. The Kier molecular flexibility index (Phi) is 5.26. The fraction of sp³-hybridized carbons (Fsp3) is 0.0952. The summed E-state index contributed by atoms with van der Waals surface area (Å²) in [5.74, 6) is 1.74. The maximum Gasteiger partial charge on any atom is 0.210 e. The molecule has 146 valence electrons. The van der Waals surface area contributed by atoms with E-state index in [9.17, 15) is 0 Å². The molecule has 0 aliphatic carbocycles. The second kappa shape index (κ2) is 8.15. The molecule has 0 radical (unpaired) electrons. The number of anilines is 3. The van der Waals surface area contributed by atoms with Crippen LogP contribution >= 0.6 is 11.3 Å². The summed E-state index contributed by atoms with van der Waals surface area (Å²) in [5, 5.41) is 13.4. The van der Waals surface area contributed by atoms with Gasteiger partial charge in [0.1, 0.15) is 22.3 Å². The van der Waals surface area contributed by atoms with Crippen molar-refractivity contribution in [3.63, 3.8) is 0 Å². The van der Waals surface area contributed by atoms with Crippen LogP contribution in [0.3, 0.4) is 0 Å². The number of ether oxygens (including phenoxy) is 2. The summed E-state index contributed by atoms with van der Waals surface area (Å²) in [7, 11) is 3.24. The molecule has 8 heteroatoms. The van der Waals surface area contributed by atoms with Gasteiger partial charge in [0, 0.05) is 29.1 Å². The Balaban J connectivity index is 1.82. The summed E-state index contributed by atoms with van der Waals surface area (Å²) in [6, 6.07) is 17.3. The third kappa shape index (κ3) is 3.97. The molecule has 0 fully saturated rings. The fourth-order valence-electron chi connectivity index (χ4n) is 2.97. The number of nitrogens with two attached hydrogens (primary N) is 1. The van der Waals surface area contributed by atoms with Crippen molar-refractivity contribution in [3.8, 4) is 33.2 Å². The molecule has 0 spiro atoms. The van der Waals surface area contributed by atoms with Gasteiger partial charge in [-0.15, -0.1) is 10.2 Å². The fourth-order valence-corrected chi connectivity index (χ4v) is 3.75. The van der Waals surface area contributed by atoms with Crippen LogP contribution in [0.5, 0.6) is 11.5 Å². The van der Waals surface area contributed by atoms with E-state index in [-0.39, 0.29) is 0 Å². The number of benzene rings is 2. The van der Waals surface area contributed by atoms with Gasteiger partial charge in [-0.05, 0) is 35.9 Å². The first-order valence-corrected chi connectivity index (χ1v) is 9.63. The van der Waals surface area contributed by atoms with Crippen molar-refractivity contribution in [2.24, 2.45) is 0 Å². The van der Waals surface area contributed by atoms with Crippen molar-refractivity contribution < 1.29 is 9.47 Å². The third-order valence-corrected chi connectivity index (χ3v) is 5.15. The number of methoxy groups -OCH3 is 2. The monoisotopic (exact) mass is 405 g/mol. The van der Waals surface area contributed by atoms with Gasteiger partial charge in [-0.1, -0.05) is 29.5 Å². The number of aromatic nitrogens is 3. The maximum absolute atomic E-state index is 5.91. The number of hydrogen-bond donors (Lipinski definition) is 2. The van der Waals surface area contributed by atoms with Gasteiger partial charge >= 0.3 is 0 Å². The van der Waals surface area contributed by atoms with E-state index in [4.69, 9.17) is 15.2 Å². The van der Waals surface area contributed by atoms with E-state index in [1.165, 1.54) is 11.3 Å². The van der Waals surface area contributed by atoms with Gasteiger partial charge in [0.05, 0.1) is 14.2 Å². The standard InChI is InChI=1S/C21H19N5O2S/c1-27-15-11-16(19(17(12-15)28-2)13-8-9-23-18(22)10-13)20-25-26-21(29-20)24-14-6-4-3-5-7-14/h3-12H,1-2H3,(H2,22,23)(H,24,26). The molecule has 0 saturated carbocycles. The lowest BCUT2D eigenvalue weighted by molar-refractivity contribution is 0.395. The van der Waals surface area contributed by atoms with Crippen molar-refractivity contribution in [1.29, 1.82) is 0 Å². The van der Waals surface area contributed by atoms with Crippen LogP contribution in [0.15, 0.2) is 60.8 Å². The number of nitrogens with zero attached hydrogens (tertiary/aromatic N) is 3. The van der Waals surface area contributed by atoms with Gasteiger partial charge < -0.3 is 20.5 Å². The first-order chi connectivity index (χ1) is 14.2. The number of rotatable bonds is 6. The second-order valence-corrected chi connectivity index (χ2v) is 7.10. The predicted octanol–water partition coefficient (Wildman–Crippen LogP) is 4.61. The molecule has 0 saturated heterocycles. The van der Waals surface area contributed by atoms with Crippen LogP contribution in [0, 0.1) is 0 Å². The average Bonchev–Trinajstić information content (AvgIpc) is 3.21. The first-order valence-electron chi connectivity index (χ1n) is 8.82. The number of pyridine rings is 1. The van der Waals surface area contributed by atoms with E-state index in [1.54, 1.807) is 26.5 Å². The second-order valence-electron chi connectivity index (χ2n) is 6.12. The van der Waals surface area contributed by atoms with E-state index in [1.807, 2.05) is 48.5 Å². The topological polar surface area (TPSA) is 95.2 Å². The van der Waals surface area contributed by atoms with E-state index in [2.05, 4.69) is 20.5 Å². The lowest BCUT2D eigenvalue weighted by Gasteiger charge is -2.15. The zero-order chi connectivity index (χ0) is 20.2. The van der Waals surface area contributed by atoms with Gasteiger partial charge in [0.25, 0.3) is 0 Å². The highest BCUT2D eigenvalue weighted by molar-refractivity contribution is 7.18. The van der Waals surface area contributed by atoms with Crippen molar-refractivity contribution >= 4 is 28.0 Å². The van der Waals surface area contributed by atoms with E-state index >= 15 is 0 Å². The molecule has 2 aromatic heterocycles.